The number of hydrogen-bond acceptors (Lipinski definition) is 5. The summed E-state index contributed by atoms with van der Waals surface area (Å²) in [5.41, 5.74) is 10.4. The van der Waals surface area contributed by atoms with Gasteiger partial charge in [0.1, 0.15) is 11.3 Å². The quantitative estimate of drug-likeness (QED) is 0.428. The van der Waals surface area contributed by atoms with E-state index in [0.717, 1.165) is 34.9 Å². The maximum Gasteiger partial charge on any atom is 0.257 e. The number of aliphatic hydroxyl groups excluding tert-OH is 1. The normalized spacial score (nSPS) is 20.1. The van der Waals surface area contributed by atoms with Crippen molar-refractivity contribution in [3.05, 3.63) is 48.2 Å². The Balaban J connectivity index is 0.00000267. The molecule has 2 aromatic carbocycles. The van der Waals surface area contributed by atoms with E-state index in [4.69, 9.17) is 15.5 Å². The SMILES string of the molecule is COc1c(C(=O)N2CC[C@H](O)[C@H](N)C2)ccc2nc(-c3cn(CC4CC4)c4ccccc34)n(C)c12.Cl. The lowest BCUT2D eigenvalue weighted by Crippen LogP contribution is -2.53. The van der Waals surface area contributed by atoms with E-state index in [1.54, 1.807) is 18.1 Å². The number of imidazole rings is 1. The number of halogens is 1. The molecule has 1 aliphatic carbocycles. The first kappa shape index (κ1) is 24.6. The van der Waals surface area contributed by atoms with Gasteiger partial charge in [-0.3, -0.25) is 4.79 Å². The van der Waals surface area contributed by atoms with E-state index < -0.39 is 12.1 Å². The lowest BCUT2D eigenvalue weighted by atomic mass is 10.0. The molecule has 4 aromatic rings. The first-order valence-electron chi connectivity index (χ1n) is 12.3. The largest absolute Gasteiger partial charge is 0.494 e. The molecule has 1 amide bonds. The highest BCUT2D eigenvalue weighted by atomic mass is 35.5. The Morgan fingerprint density at radius 3 is 2.69 bits per heavy atom. The van der Waals surface area contributed by atoms with Gasteiger partial charge in [-0.15, -0.1) is 12.4 Å². The predicted molar refractivity (Wildman–Crippen MR) is 143 cm³/mol. The molecule has 0 unspecified atom stereocenters. The average molecular weight is 510 g/mol. The number of carbonyl (C=O) groups excluding carboxylic acids is 1. The molecule has 2 fully saturated rings. The van der Waals surface area contributed by atoms with Crippen LogP contribution in [0.25, 0.3) is 33.3 Å². The number of methoxy groups -OCH3 is 1. The van der Waals surface area contributed by atoms with Gasteiger partial charge in [-0.1, -0.05) is 18.2 Å². The molecule has 6 rings (SSSR count). The van der Waals surface area contributed by atoms with Gasteiger partial charge in [0.25, 0.3) is 5.91 Å². The first-order valence-corrected chi connectivity index (χ1v) is 12.3. The minimum atomic E-state index is -0.579. The van der Waals surface area contributed by atoms with E-state index in [1.165, 1.54) is 23.7 Å². The number of rotatable bonds is 5. The van der Waals surface area contributed by atoms with E-state index in [2.05, 4.69) is 35.0 Å². The van der Waals surface area contributed by atoms with Crippen molar-refractivity contribution in [2.24, 2.45) is 18.7 Å². The Hall–Kier alpha value is -3.07. The highest BCUT2D eigenvalue weighted by Crippen LogP contribution is 2.38. The average Bonchev–Trinajstić information content (AvgIpc) is 3.53. The summed E-state index contributed by atoms with van der Waals surface area (Å²) in [5.74, 6) is 1.97. The lowest BCUT2D eigenvalue weighted by molar-refractivity contribution is 0.0457. The van der Waals surface area contributed by atoms with Gasteiger partial charge in [0.15, 0.2) is 5.75 Å². The van der Waals surface area contributed by atoms with Gasteiger partial charge in [0, 0.05) is 55.4 Å². The smallest absolute Gasteiger partial charge is 0.257 e. The molecular formula is C27H32ClN5O3. The summed E-state index contributed by atoms with van der Waals surface area (Å²) in [6.45, 7) is 1.81. The molecule has 0 spiro atoms. The van der Waals surface area contributed by atoms with Crippen LogP contribution in [0.5, 0.6) is 5.75 Å². The molecule has 1 saturated heterocycles. The number of aliphatic hydroxyl groups is 1. The number of piperidine rings is 1. The zero-order valence-electron chi connectivity index (χ0n) is 20.6. The summed E-state index contributed by atoms with van der Waals surface area (Å²) in [4.78, 5) is 20.1. The molecule has 2 aromatic heterocycles. The van der Waals surface area contributed by atoms with Gasteiger partial charge < -0.3 is 29.6 Å². The summed E-state index contributed by atoms with van der Waals surface area (Å²) in [5, 5.41) is 11.1. The van der Waals surface area contributed by atoms with Crippen LogP contribution in [0, 0.1) is 5.92 Å². The van der Waals surface area contributed by atoms with Crippen molar-refractivity contribution in [3.63, 3.8) is 0 Å². The van der Waals surface area contributed by atoms with Crippen molar-refractivity contribution >= 4 is 40.3 Å². The summed E-state index contributed by atoms with van der Waals surface area (Å²) in [6.07, 6.45) is 4.69. The number of para-hydroxylation sites is 1. The maximum atomic E-state index is 13.4. The maximum absolute atomic E-state index is 13.4. The molecule has 2 atom stereocenters. The number of nitrogens with two attached hydrogens (primary N) is 1. The van der Waals surface area contributed by atoms with Gasteiger partial charge in [0.05, 0.1) is 24.3 Å². The van der Waals surface area contributed by atoms with Crippen molar-refractivity contribution in [3.8, 4) is 17.1 Å². The van der Waals surface area contributed by atoms with Crippen LogP contribution in [-0.4, -0.2) is 62.4 Å². The molecule has 9 heteroatoms. The minimum Gasteiger partial charge on any atom is -0.494 e. The van der Waals surface area contributed by atoms with Crippen molar-refractivity contribution in [1.29, 1.82) is 0 Å². The van der Waals surface area contributed by atoms with Crippen LogP contribution in [0.1, 0.15) is 29.6 Å². The topological polar surface area (TPSA) is 98.5 Å². The molecule has 36 heavy (non-hydrogen) atoms. The molecule has 190 valence electrons. The highest BCUT2D eigenvalue weighted by molar-refractivity contribution is 6.04. The van der Waals surface area contributed by atoms with Crippen LogP contribution in [0.4, 0.5) is 0 Å². The van der Waals surface area contributed by atoms with Crippen LogP contribution < -0.4 is 10.5 Å². The monoisotopic (exact) mass is 509 g/mol. The number of fused-ring (bicyclic) bond motifs is 2. The van der Waals surface area contributed by atoms with Crippen molar-refractivity contribution < 1.29 is 14.6 Å². The third-order valence-electron chi connectivity index (χ3n) is 7.51. The van der Waals surface area contributed by atoms with Crippen molar-refractivity contribution in [2.45, 2.75) is 38.0 Å². The number of nitrogens with zero attached hydrogens (tertiary/aromatic N) is 4. The van der Waals surface area contributed by atoms with Gasteiger partial charge in [0.2, 0.25) is 0 Å². The van der Waals surface area contributed by atoms with Crippen molar-refractivity contribution in [1.82, 2.24) is 19.0 Å². The molecule has 3 heterocycles. The van der Waals surface area contributed by atoms with Crippen LogP contribution in [-0.2, 0) is 13.6 Å². The van der Waals surface area contributed by atoms with Gasteiger partial charge in [-0.2, -0.15) is 0 Å². The second-order valence-electron chi connectivity index (χ2n) is 9.94. The van der Waals surface area contributed by atoms with E-state index in [1.807, 2.05) is 17.7 Å². The second kappa shape index (κ2) is 9.42. The van der Waals surface area contributed by atoms with Crippen LogP contribution in [0.15, 0.2) is 42.6 Å². The van der Waals surface area contributed by atoms with E-state index in [0.29, 0.717) is 30.8 Å². The van der Waals surface area contributed by atoms with Gasteiger partial charge in [-0.05, 0) is 43.4 Å². The zero-order chi connectivity index (χ0) is 24.3. The molecule has 3 N–H and O–H groups in total. The van der Waals surface area contributed by atoms with E-state index in [9.17, 15) is 9.90 Å². The number of likely N-dealkylation sites (tertiary alicyclic amines) is 1. The number of aryl methyl sites for hydroxylation is 1. The Kier molecular flexibility index (Phi) is 6.44. The molecule has 0 bridgehead atoms. The lowest BCUT2D eigenvalue weighted by Gasteiger charge is -2.34. The summed E-state index contributed by atoms with van der Waals surface area (Å²) < 4.78 is 10.2. The van der Waals surface area contributed by atoms with Crippen molar-refractivity contribution in [2.75, 3.05) is 20.2 Å². The molecular weight excluding hydrogens is 478 g/mol. The number of benzene rings is 2. The number of amides is 1. The predicted octanol–water partition coefficient (Wildman–Crippen LogP) is 3.57. The fraction of sp³-hybridized carbons (Fsp3) is 0.407. The van der Waals surface area contributed by atoms with Crippen LogP contribution in [0.3, 0.4) is 0 Å². The second-order valence-corrected chi connectivity index (χ2v) is 9.94. The minimum absolute atomic E-state index is 0. The number of carbonyl (C=O) groups is 1. The van der Waals surface area contributed by atoms with Crippen LogP contribution >= 0.6 is 12.4 Å². The fourth-order valence-corrected chi connectivity index (χ4v) is 5.37. The van der Waals surface area contributed by atoms with E-state index in [-0.39, 0.29) is 18.3 Å². The highest BCUT2D eigenvalue weighted by Gasteiger charge is 2.31. The number of ether oxygens (including phenoxy) is 1. The molecule has 1 aliphatic heterocycles. The number of aromatic nitrogens is 3. The summed E-state index contributed by atoms with van der Waals surface area (Å²) in [7, 11) is 3.56. The molecule has 8 nitrogen and oxygen atoms in total. The van der Waals surface area contributed by atoms with Gasteiger partial charge in [-0.25, -0.2) is 4.98 Å². The summed E-state index contributed by atoms with van der Waals surface area (Å²) >= 11 is 0. The van der Waals surface area contributed by atoms with Gasteiger partial charge >= 0.3 is 0 Å². The first-order chi connectivity index (χ1) is 17.0. The standard InChI is InChI=1S/C27H31N5O3.ClH/c1-30-24-21(10-9-18(25(24)35-2)27(34)31-12-11-23(33)20(28)15-31)29-26(30)19-14-32(13-16-7-8-16)22-6-4-3-5-17(19)22;/h3-6,9-10,14,16,20,23,33H,7-8,11-13,15,28H2,1-2H3;1H/t20-,23+;/m1./s1. The van der Waals surface area contributed by atoms with Crippen LogP contribution in [0.2, 0.25) is 0 Å². The molecule has 2 aliphatic rings. The number of hydrogen-bond donors (Lipinski definition) is 2. The molecule has 0 radical (unpaired) electrons. The van der Waals surface area contributed by atoms with E-state index >= 15 is 0 Å². The third kappa shape index (κ3) is 4.03. The Morgan fingerprint density at radius 2 is 1.97 bits per heavy atom. The summed E-state index contributed by atoms with van der Waals surface area (Å²) in [6, 6.07) is 11.7. The third-order valence-corrected chi connectivity index (χ3v) is 7.51. The fourth-order valence-electron chi connectivity index (χ4n) is 5.37. The Morgan fingerprint density at radius 1 is 1.19 bits per heavy atom. The molecule has 1 saturated carbocycles. The Bertz CT molecular complexity index is 1440. The zero-order valence-corrected chi connectivity index (χ0v) is 21.4. The Labute approximate surface area is 216 Å².